The third-order valence-corrected chi connectivity index (χ3v) is 5.93. The van der Waals surface area contributed by atoms with Crippen LogP contribution in [-0.2, 0) is 17.9 Å². The van der Waals surface area contributed by atoms with Crippen LogP contribution in [0.5, 0.6) is 0 Å². The average Bonchev–Trinajstić information content (AvgIpc) is 3.23. The van der Waals surface area contributed by atoms with E-state index in [-0.39, 0.29) is 11.3 Å². The predicted molar refractivity (Wildman–Crippen MR) is 105 cm³/mol. The Hall–Kier alpha value is -2.12. The monoisotopic (exact) mass is 428 g/mol. The molecule has 1 fully saturated rings. The Bertz CT molecular complexity index is 915. The van der Waals surface area contributed by atoms with Gasteiger partial charge in [0.1, 0.15) is 11.1 Å². The van der Waals surface area contributed by atoms with Gasteiger partial charge in [-0.25, -0.2) is 4.68 Å². The molecule has 0 aliphatic carbocycles. The molecule has 0 bridgehead atoms. The lowest BCUT2D eigenvalue weighted by molar-refractivity contribution is -0.128. The summed E-state index contributed by atoms with van der Waals surface area (Å²) in [4.78, 5) is 14.2. The maximum atomic E-state index is 12.3. The predicted octanol–water partition coefficient (Wildman–Crippen LogP) is 3.86. The number of amides is 1. The Kier molecular flexibility index (Phi) is 5.08. The lowest BCUT2D eigenvalue weighted by Crippen LogP contribution is -2.27. The molecular weight excluding hydrogens is 412 g/mol. The Balaban J connectivity index is 1.51. The molecule has 1 amide bonds. The number of thioether (sulfide) groups is 1. The van der Waals surface area contributed by atoms with Gasteiger partial charge < -0.3 is 4.90 Å². The normalized spacial score (nSPS) is 17.0. The van der Waals surface area contributed by atoms with Gasteiger partial charge in [0, 0.05) is 11.0 Å². The maximum Gasteiger partial charge on any atom is 0.234 e. The first-order chi connectivity index (χ1) is 12.7. The van der Waals surface area contributed by atoms with Crippen LogP contribution < -0.4 is 0 Å². The molecule has 1 atom stereocenters. The van der Waals surface area contributed by atoms with Crippen LogP contribution in [0.3, 0.4) is 0 Å². The highest BCUT2D eigenvalue weighted by atomic mass is 79.9. The summed E-state index contributed by atoms with van der Waals surface area (Å²) in [6.45, 7) is 1.24. The number of hydrogen-bond donors (Lipinski definition) is 0. The van der Waals surface area contributed by atoms with Crippen molar-refractivity contribution < 1.29 is 4.79 Å². The van der Waals surface area contributed by atoms with Crippen LogP contribution in [0.4, 0.5) is 0 Å². The molecule has 0 radical (unpaired) electrons. The van der Waals surface area contributed by atoms with Gasteiger partial charge in [0.05, 0.1) is 18.5 Å². The molecule has 3 aromatic rings. The molecule has 1 aliphatic heterocycles. The Labute approximate surface area is 164 Å². The molecule has 2 heterocycles. The average molecular weight is 429 g/mol. The Morgan fingerprint density at radius 1 is 1.08 bits per heavy atom. The molecule has 2 aromatic carbocycles. The molecule has 1 saturated heterocycles. The second-order valence-electron chi connectivity index (χ2n) is 6.14. The van der Waals surface area contributed by atoms with Crippen LogP contribution in [0.2, 0.25) is 0 Å². The Morgan fingerprint density at radius 2 is 1.88 bits per heavy atom. The van der Waals surface area contributed by atoms with Crippen molar-refractivity contribution in [2.24, 2.45) is 0 Å². The fourth-order valence-corrected chi connectivity index (χ4v) is 4.54. The molecule has 26 heavy (non-hydrogen) atoms. The maximum absolute atomic E-state index is 12.3. The smallest absolute Gasteiger partial charge is 0.234 e. The number of halogens is 1. The van der Waals surface area contributed by atoms with Crippen molar-refractivity contribution in [3.05, 3.63) is 82.1 Å². The quantitative estimate of drug-likeness (QED) is 0.618. The van der Waals surface area contributed by atoms with Gasteiger partial charge in [-0.15, -0.1) is 16.9 Å². The molecule has 0 unspecified atom stereocenters. The van der Waals surface area contributed by atoms with E-state index in [2.05, 4.69) is 38.4 Å². The van der Waals surface area contributed by atoms with Gasteiger partial charge in [0.15, 0.2) is 0 Å². The summed E-state index contributed by atoms with van der Waals surface area (Å²) in [7, 11) is 0. The van der Waals surface area contributed by atoms with Crippen LogP contribution in [0.15, 0.2) is 65.3 Å². The van der Waals surface area contributed by atoms with Gasteiger partial charge in [-0.05, 0) is 23.3 Å². The minimum Gasteiger partial charge on any atom is -0.320 e. The number of nitrogens with zero attached hydrogens (tertiary/aromatic N) is 4. The molecule has 4 rings (SSSR count). The van der Waals surface area contributed by atoms with Crippen molar-refractivity contribution in [1.29, 1.82) is 0 Å². The van der Waals surface area contributed by atoms with Crippen LogP contribution in [0, 0.1) is 0 Å². The zero-order chi connectivity index (χ0) is 17.9. The summed E-state index contributed by atoms with van der Waals surface area (Å²) in [5.41, 5.74) is 3.09. The molecule has 5 nitrogen and oxygen atoms in total. The standard InChI is InChI=1S/C19H17BrN4OS/c20-16-8-4-7-15(9-16)10-23-12-17(21-22-23)19-24(18(25)13-26-19)11-14-5-2-1-3-6-14/h1-9,12,19H,10-11,13H2/t19-/m1/s1. The van der Waals surface area contributed by atoms with Gasteiger partial charge in [-0.1, -0.05) is 63.6 Å². The lowest BCUT2D eigenvalue weighted by Gasteiger charge is -2.22. The van der Waals surface area contributed by atoms with E-state index in [0.29, 0.717) is 18.8 Å². The van der Waals surface area contributed by atoms with E-state index in [0.717, 1.165) is 21.3 Å². The topological polar surface area (TPSA) is 51.0 Å². The van der Waals surface area contributed by atoms with Crippen LogP contribution >= 0.6 is 27.7 Å². The largest absolute Gasteiger partial charge is 0.320 e. The minimum absolute atomic E-state index is 0.0843. The van der Waals surface area contributed by atoms with Crippen molar-refractivity contribution >= 4 is 33.6 Å². The molecule has 1 aromatic heterocycles. The van der Waals surface area contributed by atoms with Gasteiger partial charge in [0.25, 0.3) is 0 Å². The number of rotatable bonds is 5. The van der Waals surface area contributed by atoms with E-state index < -0.39 is 0 Å². The summed E-state index contributed by atoms with van der Waals surface area (Å²) >= 11 is 5.09. The second-order valence-corrected chi connectivity index (χ2v) is 8.13. The van der Waals surface area contributed by atoms with Crippen molar-refractivity contribution in [2.45, 2.75) is 18.5 Å². The van der Waals surface area contributed by atoms with E-state index >= 15 is 0 Å². The van der Waals surface area contributed by atoms with Crippen LogP contribution in [0.25, 0.3) is 0 Å². The summed E-state index contributed by atoms with van der Waals surface area (Å²) in [6.07, 6.45) is 1.94. The summed E-state index contributed by atoms with van der Waals surface area (Å²) in [5.74, 6) is 0.626. The molecular formula is C19H17BrN4OS. The highest BCUT2D eigenvalue weighted by molar-refractivity contribution is 9.10. The van der Waals surface area contributed by atoms with Crippen LogP contribution in [0.1, 0.15) is 22.2 Å². The molecule has 0 spiro atoms. The van der Waals surface area contributed by atoms with E-state index in [1.54, 1.807) is 11.8 Å². The molecule has 0 saturated carbocycles. The molecule has 1 aliphatic rings. The number of hydrogen-bond acceptors (Lipinski definition) is 4. The number of carbonyl (C=O) groups excluding carboxylic acids is 1. The second kappa shape index (κ2) is 7.63. The number of carbonyl (C=O) groups is 1. The van der Waals surface area contributed by atoms with Gasteiger partial charge in [-0.3, -0.25) is 4.79 Å². The summed E-state index contributed by atoms with van der Waals surface area (Å²) < 4.78 is 2.86. The van der Waals surface area contributed by atoms with E-state index in [1.165, 1.54) is 0 Å². The van der Waals surface area contributed by atoms with Crippen molar-refractivity contribution in [1.82, 2.24) is 19.9 Å². The summed E-state index contributed by atoms with van der Waals surface area (Å²) in [5, 5.41) is 8.50. The highest BCUT2D eigenvalue weighted by Crippen LogP contribution is 2.38. The van der Waals surface area contributed by atoms with Crippen molar-refractivity contribution in [3.8, 4) is 0 Å². The zero-order valence-corrected chi connectivity index (χ0v) is 16.4. The first kappa shape index (κ1) is 17.3. The van der Waals surface area contributed by atoms with Gasteiger partial charge in [0.2, 0.25) is 5.91 Å². The van der Waals surface area contributed by atoms with E-state index in [9.17, 15) is 4.79 Å². The van der Waals surface area contributed by atoms with E-state index in [4.69, 9.17) is 0 Å². The van der Waals surface area contributed by atoms with Crippen LogP contribution in [-0.4, -0.2) is 31.6 Å². The Morgan fingerprint density at radius 3 is 2.69 bits per heavy atom. The number of benzene rings is 2. The molecule has 0 N–H and O–H groups in total. The third-order valence-electron chi connectivity index (χ3n) is 4.21. The molecule has 132 valence electrons. The van der Waals surface area contributed by atoms with Crippen molar-refractivity contribution in [3.63, 3.8) is 0 Å². The summed E-state index contributed by atoms with van der Waals surface area (Å²) in [6, 6.07) is 18.2. The SMILES string of the molecule is O=C1CS[C@H](c2cn(Cc3cccc(Br)c3)nn2)N1Cc1ccccc1. The van der Waals surface area contributed by atoms with E-state index in [1.807, 2.05) is 58.2 Å². The molecule has 7 heteroatoms. The minimum atomic E-state index is -0.0843. The van der Waals surface area contributed by atoms with Crippen molar-refractivity contribution in [2.75, 3.05) is 5.75 Å². The zero-order valence-electron chi connectivity index (χ0n) is 14.0. The van der Waals surface area contributed by atoms with Gasteiger partial charge in [-0.2, -0.15) is 0 Å². The first-order valence-corrected chi connectivity index (χ1v) is 10.1. The first-order valence-electron chi connectivity index (χ1n) is 8.28. The number of aromatic nitrogens is 3. The highest BCUT2D eigenvalue weighted by Gasteiger charge is 2.34. The third kappa shape index (κ3) is 3.83. The fourth-order valence-electron chi connectivity index (χ4n) is 2.98. The lowest BCUT2D eigenvalue weighted by atomic mass is 10.2. The fraction of sp³-hybridized carbons (Fsp3) is 0.211. The van der Waals surface area contributed by atoms with Gasteiger partial charge >= 0.3 is 0 Å².